The zero-order valence-electron chi connectivity index (χ0n) is 11.4. The summed E-state index contributed by atoms with van der Waals surface area (Å²) in [6.45, 7) is 0.792. The molecule has 1 heterocycles. The molecule has 0 spiro atoms. The van der Waals surface area contributed by atoms with Gasteiger partial charge in [0.1, 0.15) is 0 Å². The molecule has 5 heteroatoms. The highest BCUT2D eigenvalue weighted by Crippen LogP contribution is 2.20. The smallest absolute Gasteiger partial charge is 0.224 e. The molecule has 0 radical (unpaired) electrons. The van der Waals surface area contributed by atoms with Crippen LogP contribution in [0.5, 0.6) is 0 Å². The summed E-state index contributed by atoms with van der Waals surface area (Å²) in [4.78, 5) is 8.43. The van der Waals surface area contributed by atoms with Crippen LogP contribution < -0.4 is 10.9 Å². The van der Waals surface area contributed by atoms with Crippen molar-refractivity contribution in [1.82, 2.24) is 15.4 Å². The first-order valence-corrected chi connectivity index (χ1v) is 7.16. The van der Waals surface area contributed by atoms with Crippen molar-refractivity contribution in [1.29, 1.82) is 0 Å². The highest BCUT2D eigenvalue weighted by atomic mass is 35.5. The van der Waals surface area contributed by atoms with E-state index in [4.69, 9.17) is 11.6 Å². The van der Waals surface area contributed by atoms with Gasteiger partial charge in [0.25, 0.3) is 0 Å². The molecule has 0 saturated heterocycles. The summed E-state index contributed by atoms with van der Waals surface area (Å²) in [6, 6.07) is 18.1. The van der Waals surface area contributed by atoms with E-state index in [2.05, 4.69) is 33.0 Å². The number of rotatable bonds is 5. The summed E-state index contributed by atoms with van der Waals surface area (Å²) in [5, 5.41) is 1.18. The van der Waals surface area contributed by atoms with Crippen molar-refractivity contribution in [2.75, 3.05) is 12.0 Å². The summed E-state index contributed by atoms with van der Waals surface area (Å²) in [5.41, 5.74) is 8.40. The summed E-state index contributed by atoms with van der Waals surface area (Å²) in [5.74, 6) is 0.693. The van der Waals surface area contributed by atoms with Crippen LogP contribution in [0.1, 0.15) is 5.56 Å². The maximum atomic E-state index is 5.94. The van der Waals surface area contributed by atoms with E-state index in [-0.39, 0.29) is 5.28 Å². The third kappa shape index (κ3) is 3.48. The van der Waals surface area contributed by atoms with Gasteiger partial charge in [-0.15, -0.1) is 0 Å². The Kier molecular flexibility index (Phi) is 4.28. The zero-order chi connectivity index (χ0) is 14.5. The minimum Gasteiger partial charge on any atom is -0.305 e. The quantitative estimate of drug-likeness (QED) is 0.430. The molecule has 2 aromatic carbocycles. The van der Waals surface area contributed by atoms with Crippen LogP contribution in [0, 0.1) is 0 Å². The first-order valence-electron chi connectivity index (χ1n) is 6.78. The number of benzene rings is 2. The Morgan fingerprint density at radius 1 is 0.905 bits per heavy atom. The van der Waals surface area contributed by atoms with Crippen molar-refractivity contribution < 1.29 is 0 Å². The fourth-order valence-electron chi connectivity index (χ4n) is 2.14. The Hall–Kier alpha value is -2.17. The summed E-state index contributed by atoms with van der Waals surface area (Å²) in [7, 11) is 0. The van der Waals surface area contributed by atoms with E-state index in [0.29, 0.717) is 5.82 Å². The number of halogens is 1. The van der Waals surface area contributed by atoms with Gasteiger partial charge in [-0.2, -0.15) is 4.98 Å². The van der Waals surface area contributed by atoms with Gasteiger partial charge in [0, 0.05) is 11.9 Å². The zero-order valence-corrected chi connectivity index (χ0v) is 12.1. The fraction of sp³-hybridized carbons (Fsp3) is 0.125. The van der Waals surface area contributed by atoms with Gasteiger partial charge in [0.2, 0.25) is 5.28 Å². The van der Waals surface area contributed by atoms with Gasteiger partial charge in [0.05, 0.1) is 5.52 Å². The highest BCUT2D eigenvalue weighted by molar-refractivity contribution is 6.28. The monoisotopic (exact) mass is 298 g/mol. The second kappa shape index (κ2) is 6.52. The molecular formula is C16H15ClN4. The number of anilines is 1. The molecule has 0 amide bonds. The lowest BCUT2D eigenvalue weighted by atomic mass is 10.2. The van der Waals surface area contributed by atoms with E-state index >= 15 is 0 Å². The molecule has 0 fully saturated rings. The largest absolute Gasteiger partial charge is 0.305 e. The SMILES string of the molecule is Clc1nc(NNCCc2ccccc2)c2ccccc2n1. The number of nitrogens with zero attached hydrogens (tertiary/aromatic N) is 2. The molecule has 4 nitrogen and oxygen atoms in total. The number of para-hydroxylation sites is 1. The van der Waals surface area contributed by atoms with Crippen molar-refractivity contribution in [2.24, 2.45) is 0 Å². The second-order valence-electron chi connectivity index (χ2n) is 4.65. The van der Waals surface area contributed by atoms with Crippen molar-refractivity contribution in [3.8, 4) is 0 Å². The molecule has 0 atom stereocenters. The molecule has 0 bridgehead atoms. The number of nitrogens with one attached hydrogen (secondary N) is 2. The first kappa shape index (κ1) is 13.8. The van der Waals surface area contributed by atoms with Crippen LogP contribution in [0.25, 0.3) is 10.9 Å². The van der Waals surface area contributed by atoms with Gasteiger partial charge in [-0.05, 0) is 35.7 Å². The maximum absolute atomic E-state index is 5.94. The van der Waals surface area contributed by atoms with Crippen LogP contribution in [-0.4, -0.2) is 16.5 Å². The lowest BCUT2D eigenvalue weighted by molar-refractivity contribution is 0.775. The predicted molar refractivity (Wildman–Crippen MR) is 86.3 cm³/mol. The number of aromatic nitrogens is 2. The summed E-state index contributed by atoms with van der Waals surface area (Å²) >= 11 is 5.94. The molecule has 0 aliphatic carbocycles. The predicted octanol–water partition coefficient (Wildman–Crippen LogP) is 3.44. The standard InChI is InChI=1S/C16H15ClN4/c17-16-19-14-9-5-4-8-13(14)15(20-16)21-18-11-10-12-6-2-1-3-7-12/h1-9,18H,10-11H2,(H,19,20,21). The molecular weight excluding hydrogens is 284 g/mol. The van der Waals surface area contributed by atoms with E-state index in [1.165, 1.54) is 5.56 Å². The number of hydrogen-bond acceptors (Lipinski definition) is 4. The van der Waals surface area contributed by atoms with E-state index in [1.807, 2.05) is 42.5 Å². The number of fused-ring (bicyclic) bond motifs is 1. The third-order valence-corrected chi connectivity index (χ3v) is 3.33. The average Bonchev–Trinajstić information content (AvgIpc) is 2.52. The molecule has 3 rings (SSSR count). The second-order valence-corrected chi connectivity index (χ2v) is 4.98. The van der Waals surface area contributed by atoms with Gasteiger partial charge in [-0.25, -0.2) is 10.4 Å². The van der Waals surface area contributed by atoms with Crippen LogP contribution in [0.4, 0.5) is 5.82 Å². The van der Waals surface area contributed by atoms with Crippen LogP contribution in [-0.2, 0) is 6.42 Å². The number of hydrogen-bond donors (Lipinski definition) is 2. The van der Waals surface area contributed by atoms with Crippen molar-refractivity contribution in [3.05, 3.63) is 65.4 Å². The lowest BCUT2D eigenvalue weighted by Crippen LogP contribution is -2.25. The van der Waals surface area contributed by atoms with Gasteiger partial charge < -0.3 is 5.43 Å². The van der Waals surface area contributed by atoms with Crippen LogP contribution in [0.15, 0.2) is 54.6 Å². The fourth-order valence-corrected chi connectivity index (χ4v) is 2.32. The van der Waals surface area contributed by atoms with E-state index in [1.54, 1.807) is 0 Å². The van der Waals surface area contributed by atoms with Gasteiger partial charge in [-0.1, -0.05) is 42.5 Å². The van der Waals surface area contributed by atoms with E-state index in [0.717, 1.165) is 23.9 Å². The molecule has 21 heavy (non-hydrogen) atoms. The van der Waals surface area contributed by atoms with Gasteiger partial charge >= 0.3 is 0 Å². The first-order chi connectivity index (χ1) is 10.3. The Labute approximate surface area is 128 Å². The summed E-state index contributed by atoms with van der Waals surface area (Å²) in [6.07, 6.45) is 0.935. The summed E-state index contributed by atoms with van der Waals surface area (Å²) < 4.78 is 0. The Bertz CT molecular complexity index is 731. The lowest BCUT2D eigenvalue weighted by Gasteiger charge is -2.10. The topological polar surface area (TPSA) is 49.8 Å². The highest BCUT2D eigenvalue weighted by Gasteiger charge is 2.05. The molecule has 3 aromatic rings. The number of hydrazine groups is 1. The van der Waals surface area contributed by atoms with Crippen LogP contribution in [0.3, 0.4) is 0 Å². The minimum atomic E-state index is 0.237. The van der Waals surface area contributed by atoms with Gasteiger partial charge in [-0.3, -0.25) is 0 Å². The van der Waals surface area contributed by atoms with Crippen LogP contribution >= 0.6 is 11.6 Å². The van der Waals surface area contributed by atoms with Crippen molar-refractivity contribution in [3.63, 3.8) is 0 Å². The molecule has 1 aromatic heterocycles. The third-order valence-electron chi connectivity index (χ3n) is 3.16. The Morgan fingerprint density at radius 2 is 1.67 bits per heavy atom. The molecule has 0 aliphatic heterocycles. The van der Waals surface area contributed by atoms with Crippen molar-refractivity contribution >= 4 is 28.3 Å². The minimum absolute atomic E-state index is 0.237. The average molecular weight is 299 g/mol. The normalized spacial score (nSPS) is 10.7. The maximum Gasteiger partial charge on any atom is 0.224 e. The molecule has 0 unspecified atom stereocenters. The Morgan fingerprint density at radius 3 is 2.52 bits per heavy atom. The molecule has 2 N–H and O–H groups in total. The van der Waals surface area contributed by atoms with Gasteiger partial charge in [0.15, 0.2) is 5.82 Å². The molecule has 0 saturated carbocycles. The van der Waals surface area contributed by atoms with Crippen LogP contribution in [0.2, 0.25) is 5.28 Å². The van der Waals surface area contributed by atoms with Crippen molar-refractivity contribution in [2.45, 2.75) is 6.42 Å². The van der Waals surface area contributed by atoms with E-state index < -0.39 is 0 Å². The molecule has 106 valence electrons. The van der Waals surface area contributed by atoms with E-state index in [9.17, 15) is 0 Å². The Balaban J connectivity index is 1.65. The molecule has 0 aliphatic rings.